The number of hydrogen-bond donors (Lipinski definition) is 1. The lowest BCUT2D eigenvalue weighted by Crippen LogP contribution is -2.54. The summed E-state index contributed by atoms with van der Waals surface area (Å²) in [4.78, 5) is 40.3. The molecule has 30 heavy (non-hydrogen) atoms. The molecule has 2 aliphatic heterocycles. The predicted molar refractivity (Wildman–Crippen MR) is 106 cm³/mol. The molecule has 0 unspecified atom stereocenters. The standard InChI is InChI=1S/C21H28N2O7/c1-7-23-18(24)14-15(19(23)25)21(3,20(26)30-8-2)22-16(14)11-9-12(27-4)17(29-6)13(10-11)28-5/h9-10,14-16,22H,7-8H2,1-6H3/t14-,15+,16-,21-/m1/s1. The van der Waals surface area contributed by atoms with E-state index in [2.05, 4.69) is 5.32 Å². The molecule has 2 heterocycles. The van der Waals surface area contributed by atoms with E-state index in [0.717, 1.165) is 0 Å². The van der Waals surface area contributed by atoms with Crippen LogP contribution in [0.15, 0.2) is 12.1 Å². The number of methoxy groups -OCH3 is 3. The van der Waals surface area contributed by atoms with E-state index in [4.69, 9.17) is 18.9 Å². The molecule has 1 aromatic rings. The number of rotatable bonds is 7. The minimum absolute atomic E-state index is 0.169. The van der Waals surface area contributed by atoms with Gasteiger partial charge in [-0.3, -0.25) is 24.6 Å². The first-order valence-electron chi connectivity index (χ1n) is 9.88. The van der Waals surface area contributed by atoms with Crippen LogP contribution in [0.5, 0.6) is 17.2 Å². The van der Waals surface area contributed by atoms with Gasteiger partial charge >= 0.3 is 5.97 Å². The zero-order valence-electron chi connectivity index (χ0n) is 18.1. The summed E-state index contributed by atoms with van der Waals surface area (Å²) in [7, 11) is 4.50. The van der Waals surface area contributed by atoms with Crippen molar-refractivity contribution in [3.05, 3.63) is 17.7 Å². The van der Waals surface area contributed by atoms with E-state index in [1.807, 2.05) is 0 Å². The van der Waals surface area contributed by atoms with Gasteiger partial charge in [0.25, 0.3) is 0 Å². The van der Waals surface area contributed by atoms with E-state index in [9.17, 15) is 14.4 Å². The molecule has 2 aliphatic rings. The second kappa shape index (κ2) is 8.14. The fraction of sp³-hybridized carbons (Fsp3) is 0.571. The van der Waals surface area contributed by atoms with Crippen molar-refractivity contribution < 1.29 is 33.3 Å². The molecule has 1 aromatic carbocycles. The van der Waals surface area contributed by atoms with Gasteiger partial charge in [-0.25, -0.2) is 0 Å². The van der Waals surface area contributed by atoms with E-state index in [1.165, 1.54) is 26.2 Å². The number of nitrogens with one attached hydrogen (secondary N) is 1. The molecule has 2 amide bonds. The van der Waals surface area contributed by atoms with Gasteiger partial charge in [-0.1, -0.05) is 0 Å². The highest BCUT2D eigenvalue weighted by Gasteiger charge is 2.66. The minimum atomic E-state index is -1.34. The number of ether oxygens (including phenoxy) is 4. The molecule has 0 aromatic heterocycles. The molecule has 9 heteroatoms. The maximum Gasteiger partial charge on any atom is 0.326 e. The molecule has 0 aliphatic carbocycles. The van der Waals surface area contributed by atoms with Crippen molar-refractivity contribution in [3.8, 4) is 17.2 Å². The van der Waals surface area contributed by atoms with Gasteiger partial charge in [0, 0.05) is 12.6 Å². The van der Waals surface area contributed by atoms with Crippen LogP contribution in [0.3, 0.4) is 0 Å². The molecule has 0 bridgehead atoms. The van der Waals surface area contributed by atoms with E-state index in [-0.39, 0.29) is 25.0 Å². The molecule has 164 valence electrons. The van der Waals surface area contributed by atoms with Gasteiger partial charge in [-0.05, 0) is 38.5 Å². The summed E-state index contributed by atoms with van der Waals surface area (Å²) in [6.45, 7) is 5.46. The molecule has 2 fully saturated rings. The van der Waals surface area contributed by atoms with Crippen LogP contribution in [0.4, 0.5) is 0 Å². The Balaban J connectivity index is 2.15. The van der Waals surface area contributed by atoms with Crippen molar-refractivity contribution in [1.29, 1.82) is 0 Å². The average Bonchev–Trinajstić information content (AvgIpc) is 3.20. The van der Waals surface area contributed by atoms with Crippen LogP contribution in [-0.4, -0.2) is 62.7 Å². The van der Waals surface area contributed by atoms with Crippen molar-refractivity contribution in [2.24, 2.45) is 11.8 Å². The molecule has 2 saturated heterocycles. The second-order valence-corrected chi connectivity index (χ2v) is 7.43. The van der Waals surface area contributed by atoms with E-state index >= 15 is 0 Å². The van der Waals surface area contributed by atoms with Crippen LogP contribution in [0.1, 0.15) is 32.4 Å². The quantitative estimate of drug-likeness (QED) is 0.520. The van der Waals surface area contributed by atoms with Crippen LogP contribution < -0.4 is 19.5 Å². The van der Waals surface area contributed by atoms with Crippen LogP contribution in [0.2, 0.25) is 0 Å². The van der Waals surface area contributed by atoms with Gasteiger partial charge in [0.2, 0.25) is 17.6 Å². The van der Waals surface area contributed by atoms with E-state index in [0.29, 0.717) is 22.8 Å². The Morgan fingerprint density at radius 3 is 2.13 bits per heavy atom. The first kappa shape index (κ1) is 21.9. The van der Waals surface area contributed by atoms with Gasteiger partial charge < -0.3 is 18.9 Å². The Hall–Kier alpha value is -2.81. The molecular weight excluding hydrogens is 392 g/mol. The van der Waals surface area contributed by atoms with Crippen LogP contribution in [-0.2, 0) is 19.1 Å². The zero-order chi connectivity index (χ0) is 22.2. The van der Waals surface area contributed by atoms with Crippen LogP contribution >= 0.6 is 0 Å². The third kappa shape index (κ3) is 3.08. The summed E-state index contributed by atoms with van der Waals surface area (Å²) >= 11 is 0. The fourth-order valence-corrected chi connectivity index (χ4v) is 4.55. The van der Waals surface area contributed by atoms with Crippen molar-refractivity contribution in [3.63, 3.8) is 0 Å². The number of esters is 1. The maximum absolute atomic E-state index is 13.1. The highest BCUT2D eigenvalue weighted by molar-refractivity contribution is 6.09. The van der Waals surface area contributed by atoms with E-state index in [1.54, 1.807) is 32.9 Å². The number of likely N-dealkylation sites (tertiary alicyclic amines) is 1. The first-order chi connectivity index (χ1) is 14.3. The predicted octanol–water partition coefficient (Wildman–Crippen LogP) is 1.30. The molecule has 1 N–H and O–H groups in total. The lowest BCUT2D eigenvalue weighted by atomic mass is 9.80. The number of amides is 2. The number of nitrogens with zero attached hydrogens (tertiary/aromatic N) is 1. The lowest BCUT2D eigenvalue weighted by molar-refractivity contribution is -0.155. The number of carbonyl (C=O) groups excluding carboxylic acids is 3. The SMILES string of the molecule is CCOC(=O)[C@]1(C)N[C@H](c2cc(OC)c(OC)c(OC)c2)[C@@H]2C(=O)N(CC)C(=O)[C@H]21. The van der Waals surface area contributed by atoms with Crippen molar-refractivity contribution in [1.82, 2.24) is 10.2 Å². The summed E-state index contributed by atoms with van der Waals surface area (Å²) in [6, 6.07) is 2.82. The highest BCUT2D eigenvalue weighted by Crippen LogP contribution is 2.51. The Kier molecular flexibility index (Phi) is 5.94. The van der Waals surface area contributed by atoms with E-state index < -0.39 is 29.4 Å². The van der Waals surface area contributed by atoms with Gasteiger partial charge in [0.1, 0.15) is 5.54 Å². The Bertz CT molecular complexity index is 846. The van der Waals surface area contributed by atoms with Gasteiger partial charge in [-0.15, -0.1) is 0 Å². The normalized spacial score (nSPS) is 27.8. The van der Waals surface area contributed by atoms with Crippen molar-refractivity contribution in [2.75, 3.05) is 34.5 Å². The number of carbonyl (C=O) groups is 3. The summed E-state index contributed by atoms with van der Waals surface area (Å²) in [5, 5.41) is 3.22. The number of imide groups is 1. The third-order valence-electron chi connectivity index (χ3n) is 5.94. The topological polar surface area (TPSA) is 103 Å². The molecule has 4 atom stereocenters. The van der Waals surface area contributed by atoms with Gasteiger partial charge in [0.05, 0.1) is 39.8 Å². The first-order valence-corrected chi connectivity index (χ1v) is 9.88. The number of benzene rings is 1. The van der Waals surface area contributed by atoms with Crippen molar-refractivity contribution in [2.45, 2.75) is 32.4 Å². The largest absolute Gasteiger partial charge is 0.493 e. The molecular formula is C21H28N2O7. The summed E-state index contributed by atoms with van der Waals surface area (Å²) < 4.78 is 21.5. The third-order valence-corrected chi connectivity index (χ3v) is 5.94. The Morgan fingerprint density at radius 2 is 1.67 bits per heavy atom. The highest BCUT2D eigenvalue weighted by atomic mass is 16.5. The zero-order valence-corrected chi connectivity index (χ0v) is 18.1. The molecule has 0 saturated carbocycles. The van der Waals surface area contributed by atoms with Crippen LogP contribution in [0, 0.1) is 11.8 Å². The minimum Gasteiger partial charge on any atom is -0.493 e. The Labute approximate surface area is 175 Å². The lowest BCUT2D eigenvalue weighted by Gasteiger charge is -2.29. The Morgan fingerprint density at radius 1 is 1.07 bits per heavy atom. The maximum atomic E-state index is 13.1. The number of fused-ring (bicyclic) bond motifs is 1. The summed E-state index contributed by atoms with van der Waals surface area (Å²) in [5.41, 5.74) is -0.700. The molecule has 0 radical (unpaired) electrons. The molecule has 0 spiro atoms. The van der Waals surface area contributed by atoms with Crippen molar-refractivity contribution >= 4 is 17.8 Å². The van der Waals surface area contributed by atoms with Gasteiger partial charge in [-0.2, -0.15) is 0 Å². The number of hydrogen-bond acceptors (Lipinski definition) is 8. The van der Waals surface area contributed by atoms with Gasteiger partial charge in [0.15, 0.2) is 11.5 Å². The summed E-state index contributed by atoms with van der Waals surface area (Å²) in [5.74, 6) is -1.62. The fourth-order valence-electron chi connectivity index (χ4n) is 4.55. The average molecular weight is 420 g/mol. The van der Waals surface area contributed by atoms with Crippen LogP contribution in [0.25, 0.3) is 0 Å². The smallest absolute Gasteiger partial charge is 0.326 e. The monoisotopic (exact) mass is 420 g/mol. The molecule has 9 nitrogen and oxygen atoms in total. The second-order valence-electron chi connectivity index (χ2n) is 7.43. The molecule has 3 rings (SSSR count). The summed E-state index contributed by atoms with van der Waals surface area (Å²) in [6.07, 6.45) is 0.